The lowest BCUT2D eigenvalue weighted by Crippen LogP contribution is -2.76. The van der Waals surface area contributed by atoms with Crippen molar-refractivity contribution in [2.24, 2.45) is 16.8 Å². The van der Waals surface area contributed by atoms with Crippen LogP contribution in [0.3, 0.4) is 0 Å². The van der Waals surface area contributed by atoms with Crippen molar-refractivity contribution in [1.82, 2.24) is 25.4 Å². The van der Waals surface area contributed by atoms with Gasteiger partial charge in [-0.2, -0.15) is 18.2 Å². The predicted molar refractivity (Wildman–Crippen MR) is 186 cm³/mol. The number of hydrogen-bond acceptors (Lipinski definition) is 14. The monoisotopic (exact) mass is 764 g/mol. The summed E-state index contributed by atoms with van der Waals surface area (Å²) < 4.78 is 45.8. The minimum absolute atomic E-state index is 0.0338. The molecule has 2 fully saturated rings. The molecule has 1 aromatic carbocycles. The van der Waals surface area contributed by atoms with Gasteiger partial charge in [0.15, 0.2) is 17.4 Å². The molecule has 19 nitrogen and oxygen atoms in total. The number of thiazole rings is 1. The maximum Gasteiger partial charge on any atom is 0.418 e. The first kappa shape index (κ1) is 38.6. The van der Waals surface area contributed by atoms with Gasteiger partial charge in [-0.1, -0.05) is 17.3 Å². The second-order valence-corrected chi connectivity index (χ2v) is 14.7. The Labute approximate surface area is 303 Å². The first-order valence-electron chi connectivity index (χ1n) is 16.4. The zero-order chi connectivity index (χ0) is 37.6. The molecule has 0 aliphatic carbocycles. The van der Waals surface area contributed by atoms with Crippen LogP contribution in [0.2, 0.25) is 0 Å². The summed E-state index contributed by atoms with van der Waals surface area (Å²) in [5, 5.41) is 21.1. The number of aliphatic carboxylic acids is 1. The number of β-lactam (4-membered cyclic amide) rings is 1. The van der Waals surface area contributed by atoms with Gasteiger partial charge in [-0.3, -0.25) is 14.1 Å². The van der Waals surface area contributed by atoms with E-state index in [0.717, 1.165) is 55.1 Å². The van der Waals surface area contributed by atoms with Gasteiger partial charge in [0.2, 0.25) is 12.3 Å². The average molecular weight is 765 g/mol. The van der Waals surface area contributed by atoms with Gasteiger partial charge < -0.3 is 36.8 Å². The third-order valence-corrected chi connectivity index (χ3v) is 9.53. The van der Waals surface area contributed by atoms with E-state index in [1.807, 2.05) is 24.3 Å². The zero-order valence-corrected chi connectivity index (χ0v) is 30.1. The average Bonchev–Trinajstić information content (AvgIpc) is 3.69. The Morgan fingerprint density at radius 2 is 1.96 bits per heavy atom. The lowest BCUT2D eigenvalue weighted by molar-refractivity contribution is -0.781. The third-order valence-electron chi connectivity index (χ3n) is 8.52. The summed E-state index contributed by atoms with van der Waals surface area (Å²) in [5.41, 5.74) is 11.6. The first-order valence-corrected chi connectivity index (χ1v) is 18.6. The van der Waals surface area contributed by atoms with E-state index in [9.17, 15) is 27.9 Å². The van der Waals surface area contributed by atoms with Crippen LogP contribution in [-0.4, -0.2) is 100 Å². The number of aryl methyl sites for hydroxylation is 1. The molecule has 0 radical (unpaired) electrons. The fourth-order valence-corrected chi connectivity index (χ4v) is 6.56. The highest BCUT2D eigenvalue weighted by molar-refractivity contribution is 7.80. The van der Waals surface area contributed by atoms with Crippen LogP contribution < -0.4 is 31.5 Å². The van der Waals surface area contributed by atoms with Crippen LogP contribution in [0, 0.1) is 5.92 Å². The lowest BCUT2D eigenvalue weighted by atomic mass is 9.84. The van der Waals surface area contributed by atoms with E-state index < -0.39 is 51.6 Å². The van der Waals surface area contributed by atoms with E-state index in [1.165, 1.54) is 19.2 Å². The number of nitrogens with two attached hydrogens (primary N) is 2. The molecule has 52 heavy (non-hydrogen) atoms. The highest BCUT2D eigenvalue weighted by Crippen LogP contribution is 2.33. The van der Waals surface area contributed by atoms with Crippen LogP contribution in [0.5, 0.6) is 5.75 Å². The highest BCUT2D eigenvalue weighted by atomic mass is 32.3. The van der Waals surface area contributed by atoms with Crippen LogP contribution in [0.1, 0.15) is 38.8 Å². The van der Waals surface area contributed by atoms with Gasteiger partial charge >= 0.3 is 16.4 Å². The molecule has 2 aliphatic rings. The number of benzene rings is 1. The molecule has 3 aromatic rings. The van der Waals surface area contributed by atoms with Gasteiger partial charge in [-0.05, 0) is 50.9 Å². The number of carboxylic acid groups (broad SMARTS) is 1. The Balaban J connectivity index is 1.17. The quantitative estimate of drug-likeness (QED) is 0.0233. The third kappa shape index (κ3) is 9.40. The molecule has 4 heterocycles. The van der Waals surface area contributed by atoms with Gasteiger partial charge in [0.1, 0.15) is 17.5 Å². The smallest absolute Gasteiger partial charge is 0.418 e. The number of carboxylic acids is 1. The maximum atomic E-state index is 13.3. The molecule has 2 amide bonds. The summed E-state index contributed by atoms with van der Waals surface area (Å²) in [4.78, 5) is 47.1. The molecule has 1 unspecified atom stereocenters. The van der Waals surface area contributed by atoms with Gasteiger partial charge in [-0.15, -0.1) is 20.3 Å². The molecule has 2 saturated heterocycles. The molecule has 2 atom stereocenters. The molecule has 0 bridgehead atoms. The lowest BCUT2D eigenvalue weighted by Gasteiger charge is -2.50. The molecule has 8 N–H and O–H groups in total. The van der Waals surface area contributed by atoms with Crippen molar-refractivity contribution in [3.63, 3.8) is 0 Å². The molecule has 5 rings (SSSR count). The molecule has 2 aromatic heterocycles. The Bertz CT molecular complexity index is 1890. The SMILES string of the molecule is CC1(C)[C@H](NC(=O)/C(=N\OC(CCCOc2ccc(-c3cn(CCCN)[n+](CC4CNC4)c3)cc2)C(=O)O)c2csc(N)n2)C(=O)N1OS(=O)(=O)O. The van der Waals surface area contributed by atoms with Crippen molar-refractivity contribution in [1.29, 1.82) is 0 Å². The number of nitrogen functional groups attached to an aromatic ring is 1. The summed E-state index contributed by atoms with van der Waals surface area (Å²) in [7, 11) is -5.01. The fourth-order valence-electron chi connectivity index (χ4n) is 5.56. The number of anilines is 1. The second kappa shape index (κ2) is 16.3. The number of amides is 2. The largest absolute Gasteiger partial charge is 0.494 e. The van der Waals surface area contributed by atoms with E-state index >= 15 is 0 Å². The number of nitrogens with one attached hydrogen (secondary N) is 2. The molecular weight excluding hydrogens is 723 g/mol. The molecule has 282 valence electrons. The number of carbonyl (C=O) groups excluding carboxylic acids is 2. The molecule has 0 spiro atoms. The second-order valence-electron chi connectivity index (χ2n) is 12.8. The van der Waals surface area contributed by atoms with Crippen molar-refractivity contribution in [3.05, 3.63) is 47.7 Å². The number of hydroxylamine groups is 2. The number of rotatable bonds is 19. The van der Waals surface area contributed by atoms with Crippen molar-refractivity contribution in [3.8, 4) is 16.9 Å². The Hall–Kier alpha value is -4.67. The van der Waals surface area contributed by atoms with Crippen LogP contribution in [0.25, 0.3) is 11.1 Å². The standard InChI is InChI=1S/C31H41N9O10S2/c1-31(2)26(28(42)40(31)50-52(45,46)47)36-27(41)25(23-18-51-30(33)35-23)37-49-24(29(43)44)5-3-12-48-22-8-6-20(7-9-22)21-16-38(11-4-10-32)39(17-21)15-19-13-34-14-19/h6-9,16-19,24,26,34H,3-5,10-15,32H2,1-2H3,(H4-,33,35,36,41,43,44,45,46,47)/p+1/b37-25-/t24?,26-/m1/s1. The van der Waals surface area contributed by atoms with Crippen molar-refractivity contribution >= 4 is 50.4 Å². The van der Waals surface area contributed by atoms with E-state index in [2.05, 4.69) is 46.8 Å². The number of oxime groups is 1. The number of aromatic nitrogens is 3. The number of nitrogens with zero attached hydrogens (tertiary/aromatic N) is 5. The minimum atomic E-state index is -5.01. The van der Waals surface area contributed by atoms with Crippen molar-refractivity contribution in [2.45, 2.75) is 63.9 Å². The minimum Gasteiger partial charge on any atom is -0.494 e. The summed E-state index contributed by atoms with van der Waals surface area (Å²) in [6.07, 6.45) is 3.88. The number of carbonyl (C=O) groups is 3. The molecule has 21 heteroatoms. The van der Waals surface area contributed by atoms with Gasteiger partial charge in [0.05, 0.1) is 30.5 Å². The summed E-state index contributed by atoms with van der Waals surface area (Å²) >= 11 is 0.979. The van der Waals surface area contributed by atoms with Gasteiger partial charge in [0.25, 0.3) is 11.8 Å². The predicted octanol–water partition coefficient (Wildman–Crippen LogP) is -0.0774. The molecule has 0 saturated carbocycles. The van der Waals surface area contributed by atoms with Crippen molar-refractivity contribution < 1.29 is 51.0 Å². The van der Waals surface area contributed by atoms with Gasteiger partial charge in [0, 0.05) is 30.8 Å². The zero-order valence-electron chi connectivity index (χ0n) is 28.5. The molecule has 2 aliphatic heterocycles. The van der Waals surface area contributed by atoms with Crippen LogP contribution in [0.15, 0.2) is 47.2 Å². The van der Waals surface area contributed by atoms with E-state index in [1.54, 1.807) is 0 Å². The normalized spacial score (nSPS) is 18.0. The maximum absolute atomic E-state index is 13.3. The Kier molecular flexibility index (Phi) is 12.1. The summed E-state index contributed by atoms with van der Waals surface area (Å²) in [6, 6.07) is 6.29. The number of hydrogen-bond donors (Lipinski definition) is 6. The van der Waals surface area contributed by atoms with E-state index in [4.69, 9.17) is 25.6 Å². The highest BCUT2D eigenvalue weighted by Gasteiger charge is 2.58. The Morgan fingerprint density at radius 3 is 2.54 bits per heavy atom. The van der Waals surface area contributed by atoms with Crippen molar-refractivity contribution in [2.75, 3.05) is 32.0 Å². The summed E-state index contributed by atoms with van der Waals surface area (Å²) in [5.74, 6) is -2.12. The van der Waals surface area contributed by atoms with E-state index in [0.29, 0.717) is 23.3 Å². The van der Waals surface area contributed by atoms with E-state index in [-0.39, 0.29) is 30.3 Å². The number of ether oxygens (including phenoxy) is 1. The topological polar surface area (TPSA) is 267 Å². The molecular formula is C31H42N9O10S2+. The first-order chi connectivity index (χ1) is 24.7. The summed E-state index contributed by atoms with van der Waals surface area (Å²) in [6.45, 7) is 7.30. The van der Waals surface area contributed by atoms with Crippen LogP contribution >= 0.6 is 11.3 Å². The van der Waals surface area contributed by atoms with Crippen LogP contribution in [0.4, 0.5) is 5.13 Å². The Morgan fingerprint density at radius 1 is 1.23 bits per heavy atom. The fraction of sp³-hybridized carbons (Fsp3) is 0.484. The van der Waals surface area contributed by atoms with Crippen LogP contribution in [-0.2, 0) is 47.0 Å². The van der Waals surface area contributed by atoms with Gasteiger partial charge in [-0.25, -0.2) is 9.78 Å².